The van der Waals surface area contributed by atoms with Crippen molar-refractivity contribution in [3.63, 3.8) is 0 Å². The van der Waals surface area contributed by atoms with Crippen LogP contribution in [0, 0.1) is 20.8 Å². The van der Waals surface area contributed by atoms with Gasteiger partial charge in [0, 0.05) is 12.1 Å². The van der Waals surface area contributed by atoms with E-state index in [1.165, 1.54) is 42.2 Å². The van der Waals surface area contributed by atoms with Crippen LogP contribution in [0.1, 0.15) is 41.5 Å². The molecular weight excluding hydrogens is 250 g/mol. The molecule has 0 heterocycles. The van der Waals surface area contributed by atoms with Gasteiger partial charge in [0.25, 0.3) is 0 Å². The Bertz CT molecular complexity index is 469. The van der Waals surface area contributed by atoms with Gasteiger partial charge in [0.1, 0.15) is 0 Å². The average molecular weight is 275 g/mol. The molecule has 1 unspecified atom stereocenters. The molecule has 1 atom stereocenters. The largest absolute Gasteiger partial charge is 0.469 e. The molecule has 3 heteroatoms. The van der Waals surface area contributed by atoms with E-state index >= 15 is 0 Å². The first-order chi connectivity index (χ1) is 9.49. The predicted molar refractivity (Wildman–Crippen MR) is 80.9 cm³/mol. The highest BCUT2D eigenvalue weighted by molar-refractivity contribution is 5.70. The van der Waals surface area contributed by atoms with Crippen LogP contribution in [0.4, 0.5) is 0 Å². The topological polar surface area (TPSA) is 38.3 Å². The van der Waals surface area contributed by atoms with Crippen LogP contribution in [-0.4, -0.2) is 25.2 Å². The van der Waals surface area contributed by atoms with Gasteiger partial charge in [-0.2, -0.15) is 0 Å². The second-order valence-corrected chi connectivity index (χ2v) is 6.00. The van der Waals surface area contributed by atoms with Gasteiger partial charge in [-0.05, 0) is 56.7 Å². The first-order valence-electron chi connectivity index (χ1n) is 7.39. The van der Waals surface area contributed by atoms with Crippen molar-refractivity contribution in [2.24, 2.45) is 0 Å². The van der Waals surface area contributed by atoms with Gasteiger partial charge >= 0.3 is 5.97 Å². The number of esters is 1. The molecule has 0 aromatic heterocycles. The fourth-order valence-electron chi connectivity index (χ4n) is 2.84. The van der Waals surface area contributed by atoms with Gasteiger partial charge in [-0.25, -0.2) is 0 Å². The summed E-state index contributed by atoms with van der Waals surface area (Å²) in [4.78, 5) is 11.6. The summed E-state index contributed by atoms with van der Waals surface area (Å²) in [6.45, 7) is 6.43. The Balaban J connectivity index is 2.11. The smallest absolute Gasteiger partial charge is 0.307 e. The first kappa shape index (κ1) is 15.0. The minimum atomic E-state index is -0.134. The lowest BCUT2D eigenvalue weighted by atomic mass is 9.93. The van der Waals surface area contributed by atoms with Gasteiger partial charge in [0.15, 0.2) is 0 Å². The van der Waals surface area contributed by atoms with E-state index in [2.05, 4.69) is 38.2 Å². The van der Waals surface area contributed by atoms with Crippen LogP contribution in [0.3, 0.4) is 0 Å². The highest BCUT2D eigenvalue weighted by Crippen LogP contribution is 2.23. The third-order valence-corrected chi connectivity index (χ3v) is 3.98. The SMILES string of the molecule is COC(=O)CC(Cc1c(C)cc(C)cc1C)NC1CC1. The van der Waals surface area contributed by atoms with Crippen LogP contribution in [-0.2, 0) is 16.0 Å². The molecule has 0 bridgehead atoms. The predicted octanol–water partition coefficient (Wildman–Crippen LogP) is 2.84. The highest BCUT2D eigenvalue weighted by atomic mass is 16.5. The molecular formula is C17H25NO2. The van der Waals surface area contributed by atoms with Crippen molar-refractivity contribution in [1.82, 2.24) is 5.32 Å². The fraction of sp³-hybridized carbons (Fsp3) is 0.588. The molecule has 110 valence electrons. The van der Waals surface area contributed by atoms with E-state index in [0.717, 1.165) is 6.42 Å². The summed E-state index contributed by atoms with van der Waals surface area (Å²) >= 11 is 0. The van der Waals surface area contributed by atoms with Crippen molar-refractivity contribution < 1.29 is 9.53 Å². The van der Waals surface area contributed by atoms with E-state index in [1.54, 1.807) is 0 Å². The van der Waals surface area contributed by atoms with Crippen LogP contribution in [0.5, 0.6) is 0 Å². The normalized spacial score (nSPS) is 16.0. The molecule has 0 aliphatic heterocycles. The Morgan fingerprint density at radius 3 is 2.40 bits per heavy atom. The molecule has 1 N–H and O–H groups in total. The van der Waals surface area contributed by atoms with Gasteiger partial charge in [-0.15, -0.1) is 0 Å². The minimum Gasteiger partial charge on any atom is -0.469 e. The van der Waals surface area contributed by atoms with Crippen LogP contribution in [0.15, 0.2) is 12.1 Å². The molecule has 0 amide bonds. The summed E-state index contributed by atoms with van der Waals surface area (Å²) < 4.78 is 4.82. The molecule has 0 saturated heterocycles. The number of benzene rings is 1. The van der Waals surface area contributed by atoms with Crippen molar-refractivity contribution in [2.45, 2.75) is 58.5 Å². The Kier molecular flexibility index (Phi) is 4.81. The zero-order chi connectivity index (χ0) is 14.7. The molecule has 0 radical (unpaired) electrons. The summed E-state index contributed by atoms with van der Waals surface area (Å²) in [5.41, 5.74) is 5.28. The lowest BCUT2D eigenvalue weighted by molar-refractivity contribution is -0.141. The van der Waals surface area contributed by atoms with Crippen molar-refractivity contribution in [1.29, 1.82) is 0 Å². The maximum absolute atomic E-state index is 11.6. The summed E-state index contributed by atoms with van der Waals surface area (Å²) in [5.74, 6) is -0.134. The first-order valence-corrected chi connectivity index (χ1v) is 7.39. The van der Waals surface area contributed by atoms with Gasteiger partial charge in [-0.3, -0.25) is 4.79 Å². The van der Waals surface area contributed by atoms with E-state index in [0.29, 0.717) is 12.5 Å². The number of rotatable bonds is 6. The summed E-state index contributed by atoms with van der Waals surface area (Å²) in [7, 11) is 1.46. The second-order valence-electron chi connectivity index (χ2n) is 6.00. The zero-order valence-corrected chi connectivity index (χ0v) is 13.0. The molecule has 1 fully saturated rings. The molecule has 1 aliphatic rings. The molecule has 3 nitrogen and oxygen atoms in total. The number of aryl methyl sites for hydroxylation is 3. The maximum atomic E-state index is 11.6. The van der Waals surface area contributed by atoms with Crippen molar-refractivity contribution in [2.75, 3.05) is 7.11 Å². The molecule has 20 heavy (non-hydrogen) atoms. The summed E-state index contributed by atoms with van der Waals surface area (Å²) in [5, 5.41) is 3.57. The molecule has 1 saturated carbocycles. The third kappa shape index (κ3) is 4.07. The summed E-state index contributed by atoms with van der Waals surface area (Å²) in [6.07, 6.45) is 3.79. The molecule has 0 spiro atoms. The third-order valence-electron chi connectivity index (χ3n) is 3.98. The summed E-state index contributed by atoms with van der Waals surface area (Å²) in [6, 6.07) is 5.20. The van der Waals surface area contributed by atoms with Gasteiger partial charge < -0.3 is 10.1 Å². The number of carbonyl (C=O) groups is 1. The molecule has 1 aromatic rings. The lowest BCUT2D eigenvalue weighted by Crippen LogP contribution is -2.35. The van der Waals surface area contributed by atoms with Gasteiger partial charge in [0.2, 0.25) is 0 Å². The quantitative estimate of drug-likeness (QED) is 0.811. The average Bonchev–Trinajstić information content (AvgIpc) is 3.17. The van der Waals surface area contributed by atoms with Crippen molar-refractivity contribution in [3.05, 3.63) is 34.4 Å². The van der Waals surface area contributed by atoms with E-state index in [-0.39, 0.29) is 12.0 Å². The number of nitrogens with one attached hydrogen (secondary N) is 1. The molecule has 1 aromatic carbocycles. The Hall–Kier alpha value is -1.35. The Morgan fingerprint density at radius 1 is 1.30 bits per heavy atom. The Morgan fingerprint density at radius 2 is 1.90 bits per heavy atom. The van der Waals surface area contributed by atoms with E-state index in [9.17, 15) is 4.79 Å². The second kappa shape index (κ2) is 6.40. The van der Waals surface area contributed by atoms with Gasteiger partial charge in [-0.1, -0.05) is 17.7 Å². The van der Waals surface area contributed by atoms with Crippen LogP contribution in [0.2, 0.25) is 0 Å². The minimum absolute atomic E-state index is 0.134. The monoisotopic (exact) mass is 275 g/mol. The number of carbonyl (C=O) groups excluding carboxylic acids is 1. The molecule has 1 aliphatic carbocycles. The Labute approximate surface area is 121 Å². The number of ether oxygens (including phenoxy) is 1. The van der Waals surface area contributed by atoms with E-state index < -0.39 is 0 Å². The zero-order valence-electron chi connectivity index (χ0n) is 13.0. The van der Waals surface area contributed by atoms with E-state index in [1.807, 2.05) is 0 Å². The maximum Gasteiger partial charge on any atom is 0.307 e. The lowest BCUT2D eigenvalue weighted by Gasteiger charge is -2.20. The molecule has 2 rings (SSSR count). The standard InChI is InChI=1S/C17H25NO2/c1-11-7-12(2)16(13(3)8-11)9-15(10-17(19)20-4)18-14-5-6-14/h7-8,14-15,18H,5-6,9-10H2,1-4H3. The highest BCUT2D eigenvalue weighted by Gasteiger charge is 2.26. The number of hydrogen-bond acceptors (Lipinski definition) is 3. The van der Waals surface area contributed by atoms with Crippen LogP contribution < -0.4 is 5.32 Å². The number of methoxy groups -OCH3 is 1. The van der Waals surface area contributed by atoms with Crippen molar-refractivity contribution >= 4 is 5.97 Å². The van der Waals surface area contributed by atoms with Crippen LogP contribution >= 0.6 is 0 Å². The van der Waals surface area contributed by atoms with E-state index in [4.69, 9.17) is 4.74 Å². The van der Waals surface area contributed by atoms with Crippen LogP contribution in [0.25, 0.3) is 0 Å². The van der Waals surface area contributed by atoms with Gasteiger partial charge in [0.05, 0.1) is 13.5 Å². The fourth-order valence-corrected chi connectivity index (χ4v) is 2.84. The number of hydrogen-bond donors (Lipinski definition) is 1. The van der Waals surface area contributed by atoms with Crippen molar-refractivity contribution in [3.8, 4) is 0 Å².